The topological polar surface area (TPSA) is 109 Å². The van der Waals surface area contributed by atoms with E-state index in [9.17, 15) is 13.2 Å². The Hall–Kier alpha value is -1.56. The molecule has 0 bridgehead atoms. The van der Waals surface area contributed by atoms with Gasteiger partial charge in [0.15, 0.2) is 15.8 Å². The third kappa shape index (κ3) is 9.22. The summed E-state index contributed by atoms with van der Waals surface area (Å²) in [6, 6.07) is 7.66. The van der Waals surface area contributed by atoms with Gasteiger partial charge in [-0.2, -0.15) is 0 Å². The lowest BCUT2D eigenvalue weighted by Gasteiger charge is -2.14. The number of benzene rings is 1. The maximum absolute atomic E-state index is 12.1. The van der Waals surface area contributed by atoms with Gasteiger partial charge < -0.3 is 20.7 Å². The van der Waals surface area contributed by atoms with Gasteiger partial charge in [0.1, 0.15) is 5.75 Å². The van der Waals surface area contributed by atoms with Crippen LogP contribution in [-0.4, -0.2) is 57.5 Å². The number of carbonyl (C=O) groups excluding carboxylic acids is 1. The monoisotopic (exact) mass is 564 g/mol. The third-order valence-electron chi connectivity index (χ3n) is 5.14. The van der Waals surface area contributed by atoms with Crippen LogP contribution in [0.3, 0.4) is 0 Å². The predicted octanol–water partition coefficient (Wildman–Crippen LogP) is 1.84. The van der Waals surface area contributed by atoms with Crippen molar-refractivity contribution in [2.75, 3.05) is 31.2 Å². The van der Waals surface area contributed by atoms with Crippen molar-refractivity contribution in [1.29, 1.82) is 0 Å². The highest BCUT2D eigenvalue weighted by Gasteiger charge is 2.28. The van der Waals surface area contributed by atoms with Crippen LogP contribution in [0.4, 0.5) is 0 Å². The molecule has 3 rings (SSSR count). The summed E-state index contributed by atoms with van der Waals surface area (Å²) in [5.41, 5.74) is 1.02. The first-order chi connectivity index (χ1) is 14.4. The van der Waals surface area contributed by atoms with Crippen LogP contribution >= 0.6 is 24.0 Å². The molecule has 0 radical (unpaired) electrons. The molecule has 8 nitrogen and oxygen atoms in total. The normalized spacial score (nSPS) is 19.9. The number of aliphatic imine (C=N–C) groups is 1. The maximum atomic E-state index is 12.1. The summed E-state index contributed by atoms with van der Waals surface area (Å²) in [6.07, 6.45) is 3.24. The van der Waals surface area contributed by atoms with E-state index in [-0.39, 0.29) is 53.9 Å². The minimum Gasteiger partial charge on any atom is -0.493 e. The number of amides is 1. The zero-order valence-corrected chi connectivity index (χ0v) is 21.1. The highest BCUT2D eigenvalue weighted by Crippen LogP contribution is 2.30. The summed E-state index contributed by atoms with van der Waals surface area (Å²) in [5.74, 6) is 2.23. The Morgan fingerprint density at radius 1 is 1.19 bits per heavy atom. The molecule has 10 heteroatoms. The van der Waals surface area contributed by atoms with Crippen molar-refractivity contribution < 1.29 is 17.9 Å². The van der Waals surface area contributed by atoms with Gasteiger partial charge in [-0.3, -0.25) is 4.79 Å². The number of halogens is 1. The molecule has 1 amide bonds. The van der Waals surface area contributed by atoms with E-state index in [0.29, 0.717) is 37.9 Å². The summed E-state index contributed by atoms with van der Waals surface area (Å²) in [6.45, 7) is 4.34. The first-order valence-corrected chi connectivity index (χ1v) is 12.5. The largest absolute Gasteiger partial charge is 0.493 e. The molecule has 1 heterocycles. The van der Waals surface area contributed by atoms with Gasteiger partial charge >= 0.3 is 0 Å². The van der Waals surface area contributed by atoms with E-state index in [4.69, 9.17) is 4.74 Å². The fourth-order valence-electron chi connectivity index (χ4n) is 3.28. The first-order valence-electron chi connectivity index (χ1n) is 10.7. The number of guanidine groups is 1. The molecule has 2 aliphatic rings. The lowest BCUT2D eigenvalue weighted by molar-refractivity contribution is -0.121. The minimum atomic E-state index is -3.00. The third-order valence-corrected chi connectivity index (χ3v) is 6.91. The van der Waals surface area contributed by atoms with Crippen LogP contribution in [0.25, 0.3) is 0 Å². The minimum absolute atomic E-state index is 0. The second kappa shape index (κ2) is 12.5. The Morgan fingerprint density at radius 3 is 2.65 bits per heavy atom. The lowest BCUT2D eigenvalue weighted by Crippen LogP contribution is -2.41. The van der Waals surface area contributed by atoms with Crippen molar-refractivity contribution in [1.82, 2.24) is 16.0 Å². The molecular weight excluding hydrogens is 531 g/mol. The molecular formula is C21H33IN4O4S. The summed E-state index contributed by atoms with van der Waals surface area (Å²) < 4.78 is 28.9. The quantitative estimate of drug-likeness (QED) is 0.228. The standard InChI is InChI=1S/C21H32N4O4S.HI/c1-2-22-21(23-11-9-20(26)25-18-10-12-30(27,28)15-18)24-13-17-5-3-4-6-19(17)29-14-16-7-8-16;/h3-6,16,18H,2,7-15H2,1H3,(H,25,26)(H2,22,23,24);1H. The number of sulfone groups is 1. The molecule has 1 aliphatic heterocycles. The first kappa shape index (κ1) is 25.7. The van der Waals surface area contributed by atoms with Crippen LogP contribution in [-0.2, 0) is 21.2 Å². The number of ether oxygens (including phenoxy) is 1. The molecule has 0 aromatic heterocycles. The fourth-order valence-corrected chi connectivity index (χ4v) is 4.95. The van der Waals surface area contributed by atoms with E-state index in [1.165, 1.54) is 12.8 Å². The average Bonchev–Trinajstić information content (AvgIpc) is 3.47. The summed E-state index contributed by atoms with van der Waals surface area (Å²) in [7, 11) is -3.00. The molecule has 3 N–H and O–H groups in total. The number of hydrogen-bond donors (Lipinski definition) is 3. The van der Waals surface area contributed by atoms with Crippen LogP contribution in [0.5, 0.6) is 5.75 Å². The molecule has 1 aromatic rings. The highest BCUT2D eigenvalue weighted by molar-refractivity contribution is 14.0. The van der Waals surface area contributed by atoms with Gasteiger partial charge in [-0.15, -0.1) is 24.0 Å². The molecule has 1 saturated carbocycles. The van der Waals surface area contributed by atoms with Crippen LogP contribution < -0.4 is 20.7 Å². The predicted molar refractivity (Wildman–Crippen MR) is 133 cm³/mol. The van der Waals surface area contributed by atoms with Crippen LogP contribution in [0.1, 0.15) is 38.2 Å². The summed E-state index contributed by atoms with van der Waals surface area (Å²) in [5, 5.41) is 9.14. The number of carbonyl (C=O) groups is 1. The van der Waals surface area contributed by atoms with Gasteiger partial charge in [-0.1, -0.05) is 18.2 Å². The van der Waals surface area contributed by atoms with Gasteiger partial charge in [-0.25, -0.2) is 13.4 Å². The van der Waals surface area contributed by atoms with Gasteiger partial charge in [-0.05, 0) is 38.2 Å². The molecule has 1 atom stereocenters. The van der Waals surface area contributed by atoms with E-state index in [2.05, 4.69) is 20.9 Å². The van der Waals surface area contributed by atoms with Crippen molar-refractivity contribution in [2.45, 2.75) is 45.2 Å². The van der Waals surface area contributed by atoms with Crippen LogP contribution in [0.15, 0.2) is 29.3 Å². The number of rotatable bonds is 10. The van der Waals surface area contributed by atoms with Gasteiger partial charge in [0.2, 0.25) is 5.91 Å². The second-order valence-electron chi connectivity index (χ2n) is 7.90. The van der Waals surface area contributed by atoms with Crippen molar-refractivity contribution in [3.05, 3.63) is 29.8 Å². The molecule has 1 aliphatic carbocycles. The number of para-hydroxylation sites is 1. The fraction of sp³-hybridized carbons (Fsp3) is 0.619. The SMILES string of the molecule is CCNC(=NCc1ccccc1OCC1CC1)NCCC(=O)NC1CCS(=O)(=O)C1.I. The van der Waals surface area contributed by atoms with Crippen molar-refractivity contribution >= 4 is 45.7 Å². The number of nitrogens with one attached hydrogen (secondary N) is 3. The smallest absolute Gasteiger partial charge is 0.222 e. The number of hydrogen-bond acceptors (Lipinski definition) is 5. The van der Waals surface area contributed by atoms with E-state index >= 15 is 0 Å². The van der Waals surface area contributed by atoms with E-state index in [1.807, 2.05) is 31.2 Å². The van der Waals surface area contributed by atoms with E-state index < -0.39 is 9.84 Å². The molecule has 2 fully saturated rings. The van der Waals surface area contributed by atoms with Gasteiger partial charge in [0.05, 0.1) is 24.7 Å². The molecule has 1 unspecified atom stereocenters. The Morgan fingerprint density at radius 2 is 1.97 bits per heavy atom. The highest BCUT2D eigenvalue weighted by atomic mass is 127. The Labute approximate surface area is 201 Å². The second-order valence-corrected chi connectivity index (χ2v) is 10.1. The zero-order chi connectivity index (χ0) is 21.4. The van der Waals surface area contributed by atoms with Gasteiger partial charge in [0.25, 0.3) is 0 Å². The Balaban J connectivity index is 0.00000341. The molecule has 31 heavy (non-hydrogen) atoms. The molecule has 174 valence electrons. The van der Waals surface area contributed by atoms with Gasteiger partial charge in [0, 0.05) is 31.1 Å². The van der Waals surface area contributed by atoms with Crippen LogP contribution in [0.2, 0.25) is 0 Å². The summed E-state index contributed by atoms with van der Waals surface area (Å²) in [4.78, 5) is 16.7. The maximum Gasteiger partial charge on any atom is 0.222 e. The average molecular weight is 564 g/mol. The Kier molecular flexibility index (Phi) is 10.3. The lowest BCUT2D eigenvalue weighted by atomic mass is 10.2. The number of nitrogens with zero attached hydrogens (tertiary/aromatic N) is 1. The molecule has 1 saturated heterocycles. The van der Waals surface area contributed by atoms with E-state index in [0.717, 1.165) is 17.9 Å². The zero-order valence-electron chi connectivity index (χ0n) is 17.9. The Bertz CT molecular complexity index is 859. The molecule has 0 spiro atoms. The van der Waals surface area contributed by atoms with Crippen molar-refractivity contribution in [3.63, 3.8) is 0 Å². The summed E-state index contributed by atoms with van der Waals surface area (Å²) >= 11 is 0. The van der Waals surface area contributed by atoms with Crippen LogP contribution in [0, 0.1) is 5.92 Å². The van der Waals surface area contributed by atoms with Crippen molar-refractivity contribution in [2.24, 2.45) is 10.9 Å². The van der Waals surface area contributed by atoms with Crippen molar-refractivity contribution in [3.8, 4) is 5.75 Å². The molecule has 1 aromatic carbocycles. The van der Waals surface area contributed by atoms with E-state index in [1.54, 1.807) is 0 Å².